The summed E-state index contributed by atoms with van der Waals surface area (Å²) >= 11 is 3.78. The van der Waals surface area contributed by atoms with Crippen LogP contribution in [0.4, 0.5) is 0 Å². The van der Waals surface area contributed by atoms with Crippen LogP contribution < -0.4 is 9.92 Å². The zero-order chi connectivity index (χ0) is 21.0. The molecule has 2 aromatic heterocycles. The molecule has 0 fully saturated rings. The molecule has 0 N–H and O–H groups in total. The highest BCUT2D eigenvalue weighted by molar-refractivity contribution is 7.21. The Morgan fingerprint density at radius 1 is 1.07 bits per heavy atom. The van der Waals surface area contributed by atoms with E-state index >= 15 is 0 Å². The van der Waals surface area contributed by atoms with Gasteiger partial charge in [-0.05, 0) is 57.1 Å². The fourth-order valence-electron chi connectivity index (χ4n) is 4.67. The van der Waals surface area contributed by atoms with Crippen LogP contribution in [0.2, 0.25) is 13.1 Å². The Labute approximate surface area is 184 Å². The van der Waals surface area contributed by atoms with Gasteiger partial charge in [-0.2, -0.15) is 0 Å². The summed E-state index contributed by atoms with van der Waals surface area (Å²) in [4.78, 5) is 2.97. The number of benzene rings is 1. The highest BCUT2D eigenvalue weighted by atomic mass is 32.1. The zero-order valence-electron chi connectivity index (χ0n) is 18.3. The standard InChI is InChI=1S/C25H30OS2Si/c1-8-11-26-21-19(25(3,4)5)14-16(2)15-20(21)29(6,7)24-17-9-12-27-22(17)23-18(24)10-13-28-23/h8-10,12-15,24H,1,11H2,2-7H3. The van der Waals surface area contributed by atoms with Crippen LogP contribution >= 0.6 is 22.7 Å². The quantitative estimate of drug-likeness (QED) is 0.301. The first-order valence-electron chi connectivity index (χ1n) is 10.2. The molecule has 29 heavy (non-hydrogen) atoms. The van der Waals surface area contributed by atoms with Gasteiger partial charge in [-0.25, -0.2) is 0 Å². The number of hydrogen-bond acceptors (Lipinski definition) is 3. The van der Waals surface area contributed by atoms with Gasteiger partial charge in [-0.1, -0.05) is 64.2 Å². The van der Waals surface area contributed by atoms with Crippen molar-refractivity contribution in [1.82, 2.24) is 0 Å². The first kappa shape index (κ1) is 20.6. The van der Waals surface area contributed by atoms with Gasteiger partial charge in [0.15, 0.2) is 0 Å². The van der Waals surface area contributed by atoms with Crippen molar-refractivity contribution in [1.29, 1.82) is 0 Å². The van der Waals surface area contributed by atoms with Crippen molar-refractivity contribution >= 4 is 35.9 Å². The topological polar surface area (TPSA) is 9.23 Å². The second-order valence-corrected chi connectivity index (χ2v) is 16.0. The number of ether oxygens (including phenoxy) is 1. The molecule has 0 radical (unpaired) electrons. The van der Waals surface area contributed by atoms with Crippen LogP contribution in [-0.4, -0.2) is 14.7 Å². The number of rotatable bonds is 5. The van der Waals surface area contributed by atoms with Crippen LogP contribution in [0.1, 0.15) is 48.6 Å². The van der Waals surface area contributed by atoms with E-state index in [1.54, 1.807) is 0 Å². The lowest BCUT2D eigenvalue weighted by atomic mass is 9.85. The Balaban J connectivity index is 1.94. The molecule has 0 amide bonds. The zero-order valence-corrected chi connectivity index (χ0v) is 20.9. The van der Waals surface area contributed by atoms with Crippen molar-refractivity contribution in [2.75, 3.05) is 6.61 Å². The van der Waals surface area contributed by atoms with Gasteiger partial charge in [0.25, 0.3) is 0 Å². The predicted molar refractivity (Wildman–Crippen MR) is 132 cm³/mol. The van der Waals surface area contributed by atoms with Crippen LogP contribution in [0, 0.1) is 6.92 Å². The molecule has 1 aromatic carbocycles. The third-order valence-corrected chi connectivity index (χ3v) is 11.9. The molecule has 1 nitrogen and oxygen atoms in total. The normalized spacial score (nSPS) is 14.0. The fourth-order valence-corrected chi connectivity index (χ4v) is 10.7. The first-order chi connectivity index (χ1) is 13.7. The van der Waals surface area contributed by atoms with E-state index in [4.69, 9.17) is 4.74 Å². The molecular formula is C25H30OS2Si. The Kier molecular flexibility index (Phi) is 5.17. The maximum absolute atomic E-state index is 6.41. The first-order valence-corrected chi connectivity index (χ1v) is 15.0. The molecule has 0 saturated carbocycles. The maximum Gasteiger partial charge on any atom is 0.122 e. The summed E-state index contributed by atoms with van der Waals surface area (Å²) < 4.78 is 6.41. The summed E-state index contributed by atoms with van der Waals surface area (Å²) in [5.74, 6) is 1.10. The SMILES string of the molecule is C=CCOc1c(C(C)(C)C)cc(C)cc1[Si](C)(C)C1c2ccsc2-c2sccc21. The summed E-state index contributed by atoms with van der Waals surface area (Å²) in [7, 11) is -1.96. The van der Waals surface area contributed by atoms with E-state index in [1.165, 1.54) is 37.2 Å². The maximum atomic E-state index is 6.41. The second kappa shape index (κ2) is 7.26. The molecule has 4 heteroatoms. The summed E-state index contributed by atoms with van der Waals surface area (Å²) in [6.07, 6.45) is 1.86. The molecule has 1 aliphatic carbocycles. The average Bonchev–Trinajstić information content (AvgIpc) is 3.32. The molecule has 0 aliphatic heterocycles. The van der Waals surface area contributed by atoms with E-state index in [0.29, 0.717) is 12.1 Å². The van der Waals surface area contributed by atoms with E-state index < -0.39 is 8.07 Å². The minimum Gasteiger partial charge on any atom is -0.489 e. The van der Waals surface area contributed by atoms with Crippen LogP contribution in [0.15, 0.2) is 47.7 Å². The Morgan fingerprint density at radius 2 is 1.66 bits per heavy atom. The lowest BCUT2D eigenvalue weighted by Crippen LogP contribution is -2.49. The lowest BCUT2D eigenvalue weighted by Gasteiger charge is -2.35. The molecule has 0 unspecified atom stereocenters. The van der Waals surface area contributed by atoms with Crippen LogP contribution in [-0.2, 0) is 5.41 Å². The van der Waals surface area contributed by atoms with E-state index in [-0.39, 0.29) is 5.41 Å². The highest BCUT2D eigenvalue weighted by Crippen LogP contribution is 2.54. The van der Waals surface area contributed by atoms with Crippen molar-refractivity contribution in [2.45, 2.75) is 51.7 Å². The van der Waals surface area contributed by atoms with Crippen molar-refractivity contribution < 1.29 is 4.74 Å². The Bertz CT molecular complexity index is 1020. The van der Waals surface area contributed by atoms with Gasteiger partial charge < -0.3 is 4.74 Å². The monoisotopic (exact) mass is 438 g/mol. The second-order valence-electron chi connectivity index (χ2n) is 9.60. The largest absolute Gasteiger partial charge is 0.489 e. The number of thiophene rings is 2. The van der Waals surface area contributed by atoms with Crippen LogP contribution in [0.3, 0.4) is 0 Å². The third-order valence-electron chi connectivity index (χ3n) is 6.02. The smallest absolute Gasteiger partial charge is 0.122 e. The van der Waals surface area contributed by atoms with E-state index in [2.05, 4.69) is 82.4 Å². The van der Waals surface area contributed by atoms with Crippen molar-refractivity contribution in [3.05, 3.63) is 69.9 Å². The summed E-state index contributed by atoms with van der Waals surface area (Å²) in [6.45, 7) is 18.5. The van der Waals surface area contributed by atoms with E-state index in [1.807, 2.05) is 28.7 Å². The molecule has 0 bridgehead atoms. The fraction of sp³-hybridized carbons (Fsp3) is 0.360. The summed E-state index contributed by atoms with van der Waals surface area (Å²) in [5, 5.41) is 5.96. The minimum atomic E-state index is -1.96. The highest BCUT2D eigenvalue weighted by Gasteiger charge is 2.45. The van der Waals surface area contributed by atoms with Crippen molar-refractivity contribution in [3.63, 3.8) is 0 Å². The Hall–Kier alpha value is -1.62. The van der Waals surface area contributed by atoms with Crippen LogP contribution in [0.25, 0.3) is 9.75 Å². The van der Waals surface area contributed by atoms with E-state index in [0.717, 1.165) is 5.75 Å². The van der Waals surface area contributed by atoms with Gasteiger partial charge in [0.05, 0.1) is 8.07 Å². The van der Waals surface area contributed by atoms with Crippen molar-refractivity contribution in [2.24, 2.45) is 0 Å². The van der Waals surface area contributed by atoms with Gasteiger partial charge in [0.2, 0.25) is 0 Å². The molecule has 4 rings (SSSR count). The summed E-state index contributed by atoms with van der Waals surface area (Å²) in [5.41, 5.74) is 6.20. The van der Waals surface area contributed by atoms with E-state index in [9.17, 15) is 0 Å². The molecule has 0 saturated heterocycles. The number of fused-ring (bicyclic) bond motifs is 3. The minimum absolute atomic E-state index is 0.0263. The van der Waals surface area contributed by atoms with Gasteiger partial charge >= 0.3 is 0 Å². The molecule has 0 spiro atoms. The van der Waals surface area contributed by atoms with Gasteiger partial charge in [0, 0.05) is 15.3 Å². The number of hydrogen-bond donors (Lipinski definition) is 0. The molecule has 152 valence electrons. The van der Waals surface area contributed by atoms with Gasteiger partial charge in [-0.3, -0.25) is 0 Å². The summed E-state index contributed by atoms with van der Waals surface area (Å²) in [6, 6.07) is 9.43. The molecular weight excluding hydrogens is 408 g/mol. The van der Waals surface area contributed by atoms with Crippen molar-refractivity contribution in [3.8, 4) is 15.5 Å². The Morgan fingerprint density at radius 3 is 2.17 bits per heavy atom. The van der Waals surface area contributed by atoms with Crippen LogP contribution in [0.5, 0.6) is 5.75 Å². The molecule has 0 atom stereocenters. The predicted octanol–water partition coefficient (Wildman–Crippen LogP) is 7.25. The third kappa shape index (κ3) is 3.35. The molecule has 1 aliphatic rings. The molecule has 2 heterocycles. The molecule has 3 aromatic rings. The van der Waals surface area contributed by atoms with Gasteiger partial charge in [0.1, 0.15) is 12.4 Å². The van der Waals surface area contributed by atoms with Gasteiger partial charge in [-0.15, -0.1) is 22.7 Å². The average molecular weight is 439 g/mol. The number of aryl methyl sites for hydroxylation is 1. The lowest BCUT2D eigenvalue weighted by molar-refractivity contribution is 0.353.